The zero-order chi connectivity index (χ0) is 20.6. The van der Waals surface area contributed by atoms with Crippen molar-refractivity contribution in [2.24, 2.45) is 0 Å². The van der Waals surface area contributed by atoms with Gasteiger partial charge in [0.05, 0.1) is 17.8 Å². The van der Waals surface area contributed by atoms with Gasteiger partial charge in [-0.15, -0.1) is 0 Å². The fourth-order valence-electron chi connectivity index (χ4n) is 3.03. The van der Waals surface area contributed by atoms with Gasteiger partial charge in [0.1, 0.15) is 5.82 Å². The van der Waals surface area contributed by atoms with E-state index in [1.807, 2.05) is 12.1 Å². The minimum atomic E-state index is -4.64. The summed E-state index contributed by atoms with van der Waals surface area (Å²) in [5, 5.41) is 7.39. The number of nitrogens with one attached hydrogen (secondary N) is 1. The van der Waals surface area contributed by atoms with Crippen LogP contribution in [-0.2, 0) is 12.7 Å². The second-order valence-electron chi connectivity index (χ2n) is 6.42. The van der Waals surface area contributed by atoms with Crippen molar-refractivity contribution in [2.75, 3.05) is 5.32 Å². The summed E-state index contributed by atoms with van der Waals surface area (Å²) >= 11 is 5.90. The molecule has 3 aromatic heterocycles. The summed E-state index contributed by atoms with van der Waals surface area (Å²) in [6.45, 7) is 2.05. The number of hydrogen-bond donors (Lipinski definition) is 1. The number of benzene rings is 1. The zero-order valence-corrected chi connectivity index (χ0v) is 16.0. The highest BCUT2D eigenvalue weighted by Crippen LogP contribution is 2.39. The van der Waals surface area contributed by atoms with Crippen molar-refractivity contribution >= 4 is 23.1 Å². The largest absolute Gasteiger partial charge is 0.435 e. The predicted molar refractivity (Wildman–Crippen MR) is 105 cm³/mol. The average molecular weight is 418 g/mol. The van der Waals surface area contributed by atoms with Crippen molar-refractivity contribution in [3.8, 4) is 11.1 Å². The maximum Gasteiger partial charge on any atom is 0.435 e. The summed E-state index contributed by atoms with van der Waals surface area (Å²) in [6, 6.07) is 13.2. The van der Waals surface area contributed by atoms with Crippen LogP contribution in [0.25, 0.3) is 16.8 Å². The lowest BCUT2D eigenvalue weighted by atomic mass is 10.1. The molecule has 5 nitrogen and oxygen atoms in total. The second kappa shape index (κ2) is 7.36. The molecule has 4 aromatic rings. The molecule has 0 atom stereocenters. The number of anilines is 1. The summed E-state index contributed by atoms with van der Waals surface area (Å²) in [4.78, 5) is 8.55. The van der Waals surface area contributed by atoms with Crippen LogP contribution in [0.1, 0.15) is 17.1 Å². The molecule has 1 N–H and O–H groups in total. The van der Waals surface area contributed by atoms with Crippen molar-refractivity contribution in [1.29, 1.82) is 0 Å². The van der Waals surface area contributed by atoms with Crippen LogP contribution in [-0.4, -0.2) is 19.6 Å². The standard InChI is InChI=1S/C20H15ClF3N5/c1-12-10-16(26-11-15-4-2-3-9-25-15)29-19(27-12)17(18(28-29)20(22,23)24)13-5-7-14(21)8-6-13/h2-10,26H,11H2,1H3. The van der Waals surface area contributed by atoms with E-state index in [9.17, 15) is 13.2 Å². The third kappa shape index (κ3) is 3.88. The van der Waals surface area contributed by atoms with Crippen LogP contribution in [0, 0.1) is 6.92 Å². The highest BCUT2D eigenvalue weighted by Gasteiger charge is 2.39. The van der Waals surface area contributed by atoms with Crippen LogP contribution in [0.15, 0.2) is 54.7 Å². The van der Waals surface area contributed by atoms with E-state index in [0.29, 0.717) is 28.6 Å². The first-order valence-corrected chi connectivity index (χ1v) is 9.08. The molecule has 0 unspecified atom stereocenters. The zero-order valence-electron chi connectivity index (χ0n) is 15.2. The summed E-state index contributed by atoms with van der Waals surface area (Å²) in [5.41, 5.74) is 0.673. The number of hydrogen-bond acceptors (Lipinski definition) is 4. The fraction of sp³-hybridized carbons (Fsp3) is 0.150. The molecule has 29 heavy (non-hydrogen) atoms. The van der Waals surface area contributed by atoms with E-state index in [-0.39, 0.29) is 11.2 Å². The third-order valence-electron chi connectivity index (χ3n) is 4.30. The molecule has 0 bridgehead atoms. The predicted octanol–water partition coefficient (Wildman–Crippen LogP) is 5.38. The third-order valence-corrected chi connectivity index (χ3v) is 4.55. The minimum absolute atomic E-state index is 0.0845. The first-order valence-electron chi connectivity index (χ1n) is 8.70. The first-order chi connectivity index (χ1) is 13.8. The number of fused-ring (bicyclic) bond motifs is 1. The van der Waals surface area contributed by atoms with E-state index >= 15 is 0 Å². The molecule has 0 aliphatic carbocycles. The van der Waals surface area contributed by atoms with E-state index in [0.717, 1.165) is 5.69 Å². The maximum absolute atomic E-state index is 13.8. The van der Waals surface area contributed by atoms with Crippen molar-refractivity contribution in [3.05, 3.63) is 76.8 Å². The van der Waals surface area contributed by atoms with Crippen LogP contribution < -0.4 is 5.32 Å². The monoisotopic (exact) mass is 417 g/mol. The van der Waals surface area contributed by atoms with E-state index in [1.54, 1.807) is 25.3 Å². The van der Waals surface area contributed by atoms with Crippen LogP contribution in [0.4, 0.5) is 19.0 Å². The van der Waals surface area contributed by atoms with Gasteiger partial charge in [0.25, 0.3) is 0 Å². The van der Waals surface area contributed by atoms with Gasteiger partial charge in [-0.2, -0.15) is 22.8 Å². The Hall–Kier alpha value is -3.13. The molecule has 0 aliphatic rings. The molecular formula is C20H15ClF3N5. The number of halogens is 4. The molecule has 9 heteroatoms. The van der Waals surface area contributed by atoms with Gasteiger partial charge in [-0.3, -0.25) is 4.98 Å². The number of rotatable bonds is 4. The average Bonchev–Trinajstić information content (AvgIpc) is 3.07. The topological polar surface area (TPSA) is 55.1 Å². The van der Waals surface area contributed by atoms with Gasteiger partial charge in [-0.1, -0.05) is 29.8 Å². The Labute approximate surface area is 169 Å². The second-order valence-corrected chi connectivity index (χ2v) is 6.86. The molecule has 148 valence electrons. The molecule has 0 saturated carbocycles. The highest BCUT2D eigenvalue weighted by molar-refractivity contribution is 6.30. The molecule has 3 heterocycles. The molecule has 4 rings (SSSR count). The lowest BCUT2D eigenvalue weighted by Crippen LogP contribution is -2.09. The van der Waals surface area contributed by atoms with E-state index in [4.69, 9.17) is 11.6 Å². The smallest absolute Gasteiger partial charge is 0.364 e. The Bertz CT molecular complexity index is 1150. The molecule has 0 spiro atoms. The molecule has 1 aromatic carbocycles. The fourth-order valence-corrected chi connectivity index (χ4v) is 3.16. The van der Waals surface area contributed by atoms with Gasteiger partial charge in [-0.05, 0) is 36.8 Å². The maximum atomic E-state index is 13.8. The van der Waals surface area contributed by atoms with E-state index < -0.39 is 11.9 Å². The van der Waals surface area contributed by atoms with Gasteiger partial charge in [0.15, 0.2) is 11.3 Å². The van der Waals surface area contributed by atoms with Gasteiger partial charge in [-0.25, -0.2) is 4.98 Å². The number of aryl methyl sites for hydroxylation is 1. The molecule has 0 saturated heterocycles. The summed E-state index contributed by atoms with van der Waals surface area (Å²) in [6.07, 6.45) is -2.99. The Morgan fingerprint density at radius 2 is 1.86 bits per heavy atom. The first kappa shape index (κ1) is 19.2. The number of nitrogens with zero attached hydrogens (tertiary/aromatic N) is 4. The summed E-state index contributed by atoms with van der Waals surface area (Å²) in [7, 11) is 0. The van der Waals surface area contributed by atoms with Crippen LogP contribution in [0.3, 0.4) is 0 Å². The molecule has 0 aliphatic heterocycles. The molecule has 0 fully saturated rings. The molecule has 0 amide bonds. The van der Waals surface area contributed by atoms with E-state index in [2.05, 4.69) is 20.4 Å². The molecular weight excluding hydrogens is 403 g/mol. The number of aromatic nitrogens is 4. The van der Waals surface area contributed by atoms with Gasteiger partial charge in [0, 0.05) is 23.0 Å². The SMILES string of the molecule is Cc1cc(NCc2ccccn2)n2nc(C(F)(F)F)c(-c3ccc(Cl)cc3)c2n1. The molecule has 0 radical (unpaired) electrons. The Morgan fingerprint density at radius 3 is 2.52 bits per heavy atom. The Morgan fingerprint density at radius 1 is 1.10 bits per heavy atom. The van der Waals surface area contributed by atoms with Crippen LogP contribution in [0.2, 0.25) is 5.02 Å². The Balaban J connectivity index is 1.88. The van der Waals surface area contributed by atoms with Crippen LogP contribution >= 0.6 is 11.6 Å². The van der Waals surface area contributed by atoms with Gasteiger partial charge < -0.3 is 5.32 Å². The van der Waals surface area contributed by atoms with Crippen molar-refractivity contribution in [1.82, 2.24) is 19.6 Å². The van der Waals surface area contributed by atoms with Crippen molar-refractivity contribution in [3.63, 3.8) is 0 Å². The van der Waals surface area contributed by atoms with E-state index in [1.165, 1.54) is 28.8 Å². The van der Waals surface area contributed by atoms with Crippen molar-refractivity contribution in [2.45, 2.75) is 19.6 Å². The summed E-state index contributed by atoms with van der Waals surface area (Å²) < 4.78 is 42.5. The minimum Gasteiger partial charge on any atom is -0.364 e. The number of alkyl halides is 3. The quantitative estimate of drug-likeness (QED) is 0.484. The normalized spacial score (nSPS) is 11.8. The lowest BCUT2D eigenvalue weighted by Gasteiger charge is -2.09. The summed E-state index contributed by atoms with van der Waals surface area (Å²) in [5.74, 6) is 0.392. The lowest BCUT2D eigenvalue weighted by molar-refractivity contribution is -0.140. The van der Waals surface area contributed by atoms with Crippen LogP contribution in [0.5, 0.6) is 0 Å². The van der Waals surface area contributed by atoms with Crippen molar-refractivity contribution < 1.29 is 13.2 Å². The Kier molecular flexibility index (Phi) is 4.87. The van der Waals surface area contributed by atoms with Gasteiger partial charge in [0.2, 0.25) is 0 Å². The number of pyridine rings is 1. The van der Waals surface area contributed by atoms with Gasteiger partial charge >= 0.3 is 6.18 Å². The highest BCUT2D eigenvalue weighted by atomic mass is 35.5.